The highest BCUT2D eigenvalue weighted by atomic mass is 16.4. The number of carbonyl (C=O) groups is 6. The molecule has 270 valence electrons. The standard InChI is InChI=1S/C31H40N8O11/c32-31(33)34-8-4-7-19(29(47)48)36-25(42)14-35-27(45)20(13-26(43)44)37-28(46)21(9-16-5-2-1-3-6-16)38-39-15-18-12-24(41)23(40)11-17(18)10-22(39)30(49)50/h1-3,5-6,11-12,19-22,38,40-41H,4,7-10,13-15H2,(H,35,45)(H,36,42)(H,37,46)(H,43,44)(H,47,48)(H,49,50)(H4,32,33,34)/t19-,20-,21-,22?/m0/s1. The Balaban J connectivity index is 1.75. The van der Waals surface area contributed by atoms with E-state index in [0.717, 1.165) is 0 Å². The molecule has 0 aromatic heterocycles. The van der Waals surface area contributed by atoms with E-state index >= 15 is 0 Å². The number of rotatable bonds is 18. The minimum atomic E-state index is -1.69. The lowest BCUT2D eigenvalue weighted by Crippen LogP contribution is -2.61. The smallest absolute Gasteiger partial charge is 0.326 e. The molecule has 0 saturated carbocycles. The van der Waals surface area contributed by atoms with E-state index in [1.165, 1.54) is 17.1 Å². The third kappa shape index (κ3) is 11.6. The van der Waals surface area contributed by atoms with Crippen LogP contribution in [-0.4, -0.2) is 109 Å². The quantitative estimate of drug-likeness (QED) is 0.0338. The van der Waals surface area contributed by atoms with E-state index in [0.29, 0.717) is 16.7 Å². The van der Waals surface area contributed by atoms with Crippen LogP contribution in [0.5, 0.6) is 11.5 Å². The Morgan fingerprint density at radius 2 is 1.54 bits per heavy atom. The van der Waals surface area contributed by atoms with Gasteiger partial charge in [-0.25, -0.2) is 15.2 Å². The summed E-state index contributed by atoms with van der Waals surface area (Å²) < 4.78 is 0. The van der Waals surface area contributed by atoms with E-state index in [1.54, 1.807) is 30.3 Å². The molecule has 0 fully saturated rings. The molecular formula is C31H40N8O11. The third-order valence-electron chi connectivity index (χ3n) is 7.65. The average molecular weight is 701 g/mol. The summed E-state index contributed by atoms with van der Waals surface area (Å²) in [4.78, 5) is 78.4. The van der Waals surface area contributed by atoms with Crippen LogP contribution in [0.2, 0.25) is 0 Å². The molecule has 0 aliphatic carbocycles. The number of carboxylic acid groups (broad SMARTS) is 3. The number of nitrogens with one attached hydrogen (secondary N) is 4. The zero-order chi connectivity index (χ0) is 37.0. The number of carbonyl (C=O) groups excluding carboxylic acids is 3. The van der Waals surface area contributed by atoms with Gasteiger partial charge in [0.1, 0.15) is 24.2 Å². The number of phenolic OH excluding ortho intramolecular Hbond substituents is 2. The van der Waals surface area contributed by atoms with Gasteiger partial charge in [0.15, 0.2) is 17.5 Å². The number of aliphatic imine (C=N–C) groups is 1. The van der Waals surface area contributed by atoms with Crippen molar-refractivity contribution >= 4 is 41.6 Å². The van der Waals surface area contributed by atoms with E-state index in [1.807, 2.05) is 0 Å². The highest BCUT2D eigenvalue weighted by Crippen LogP contribution is 2.33. The molecule has 3 rings (SSSR count). The second-order valence-corrected chi connectivity index (χ2v) is 11.5. The second kappa shape index (κ2) is 18.0. The number of phenols is 2. The van der Waals surface area contributed by atoms with Crippen molar-refractivity contribution in [1.82, 2.24) is 26.4 Å². The maximum atomic E-state index is 13.7. The first kappa shape index (κ1) is 38.5. The topological polar surface area (TPSA) is 319 Å². The first-order valence-corrected chi connectivity index (χ1v) is 15.3. The van der Waals surface area contributed by atoms with Crippen LogP contribution in [0.3, 0.4) is 0 Å². The van der Waals surface area contributed by atoms with Crippen LogP contribution in [-0.2, 0) is 48.2 Å². The molecule has 1 aliphatic heterocycles. The Hall–Kier alpha value is -5.95. The molecule has 1 unspecified atom stereocenters. The lowest BCUT2D eigenvalue weighted by molar-refractivity contribution is -0.147. The second-order valence-electron chi connectivity index (χ2n) is 11.5. The minimum absolute atomic E-state index is 0.0335. The number of hydrogen-bond acceptors (Lipinski definition) is 11. The van der Waals surface area contributed by atoms with Crippen LogP contribution in [0.25, 0.3) is 0 Å². The maximum absolute atomic E-state index is 13.7. The number of carboxylic acids is 3. The van der Waals surface area contributed by atoms with Crippen LogP contribution in [0.4, 0.5) is 0 Å². The molecule has 0 radical (unpaired) electrons. The molecule has 2 aromatic carbocycles. The van der Waals surface area contributed by atoms with Gasteiger partial charge in [0.05, 0.1) is 13.0 Å². The minimum Gasteiger partial charge on any atom is -0.504 e. The van der Waals surface area contributed by atoms with Crippen molar-refractivity contribution in [2.75, 3.05) is 13.1 Å². The summed E-state index contributed by atoms with van der Waals surface area (Å²) in [6.45, 7) is -0.742. The van der Waals surface area contributed by atoms with Crippen molar-refractivity contribution in [3.8, 4) is 11.5 Å². The van der Waals surface area contributed by atoms with Crippen LogP contribution >= 0.6 is 0 Å². The van der Waals surface area contributed by atoms with Crippen molar-refractivity contribution in [1.29, 1.82) is 0 Å². The highest BCUT2D eigenvalue weighted by molar-refractivity contribution is 5.94. The summed E-state index contributed by atoms with van der Waals surface area (Å²) in [7, 11) is 0. The molecule has 3 amide bonds. The van der Waals surface area contributed by atoms with Gasteiger partial charge in [0.25, 0.3) is 0 Å². The van der Waals surface area contributed by atoms with Crippen LogP contribution in [0.1, 0.15) is 36.0 Å². The van der Waals surface area contributed by atoms with E-state index in [2.05, 4.69) is 26.4 Å². The Morgan fingerprint density at radius 1 is 0.880 bits per heavy atom. The van der Waals surface area contributed by atoms with Gasteiger partial charge in [0, 0.05) is 19.5 Å². The fourth-order valence-corrected chi connectivity index (χ4v) is 5.17. The van der Waals surface area contributed by atoms with E-state index < -0.39 is 84.3 Å². The Labute approximate surface area is 285 Å². The van der Waals surface area contributed by atoms with Crippen LogP contribution in [0, 0.1) is 0 Å². The number of hydrogen-bond donors (Lipinski definition) is 11. The fraction of sp³-hybridized carbons (Fsp3) is 0.387. The average Bonchev–Trinajstić information content (AvgIpc) is 3.04. The number of aromatic hydroxyl groups is 2. The zero-order valence-corrected chi connectivity index (χ0v) is 26.7. The number of nitrogens with zero attached hydrogens (tertiary/aromatic N) is 2. The van der Waals surface area contributed by atoms with E-state index in [-0.39, 0.29) is 44.7 Å². The summed E-state index contributed by atoms with van der Waals surface area (Å²) in [5, 5.41) is 56.9. The summed E-state index contributed by atoms with van der Waals surface area (Å²) in [5.41, 5.74) is 14.9. The first-order valence-electron chi connectivity index (χ1n) is 15.3. The Morgan fingerprint density at radius 3 is 2.14 bits per heavy atom. The van der Waals surface area contributed by atoms with Gasteiger partial charge in [-0.3, -0.25) is 29.0 Å². The van der Waals surface area contributed by atoms with Crippen molar-refractivity contribution in [3.05, 3.63) is 59.2 Å². The lowest BCUT2D eigenvalue weighted by atomic mass is 9.94. The largest absolute Gasteiger partial charge is 0.504 e. The molecule has 1 heterocycles. The molecule has 2 aromatic rings. The monoisotopic (exact) mass is 700 g/mol. The predicted octanol–water partition coefficient (Wildman–Crippen LogP) is -2.28. The SMILES string of the molecule is NC(N)=NCCC[C@H](NC(=O)CNC(=O)[C@H](CC(=O)O)NC(=O)[C@H](Cc1ccccc1)NN1Cc2cc(O)c(O)cc2CC1C(=O)O)C(=O)O. The molecule has 4 atom stereocenters. The normalized spacial score (nSPS) is 15.7. The fourth-order valence-electron chi connectivity index (χ4n) is 5.17. The lowest BCUT2D eigenvalue weighted by Gasteiger charge is -2.37. The molecule has 0 saturated heterocycles. The van der Waals surface area contributed by atoms with E-state index in [9.17, 15) is 54.3 Å². The van der Waals surface area contributed by atoms with Gasteiger partial charge in [-0.05, 0) is 48.1 Å². The Kier molecular flexibility index (Phi) is 13.9. The molecule has 19 nitrogen and oxygen atoms in total. The molecular weight excluding hydrogens is 660 g/mol. The molecule has 1 aliphatic rings. The van der Waals surface area contributed by atoms with Crippen LogP contribution in [0.15, 0.2) is 47.5 Å². The summed E-state index contributed by atoms with van der Waals surface area (Å²) in [5.74, 6) is -7.93. The van der Waals surface area contributed by atoms with Gasteiger partial charge in [0.2, 0.25) is 17.7 Å². The number of hydrazine groups is 1. The maximum Gasteiger partial charge on any atom is 0.326 e. The number of nitrogens with two attached hydrogens (primary N) is 2. The van der Waals surface area contributed by atoms with Gasteiger partial charge < -0.3 is 53.0 Å². The molecule has 50 heavy (non-hydrogen) atoms. The van der Waals surface area contributed by atoms with Gasteiger partial charge >= 0.3 is 17.9 Å². The first-order chi connectivity index (χ1) is 23.6. The van der Waals surface area contributed by atoms with E-state index in [4.69, 9.17) is 11.5 Å². The number of amides is 3. The number of guanidine groups is 1. The summed E-state index contributed by atoms with van der Waals surface area (Å²) >= 11 is 0. The van der Waals surface area contributed by atoms with Crippen molar-refractivity contribution in [2.24, 2.45) is 16.5 Å². The van der Waals surface area contributed by atoms with Gasteiger partial charge in [-0.15, -0.1) is 0 Å². The summed E-state index contributed by atoms with van der Waals surface area (Å²) in [6.07, 6.45) is -0.843. The van der Waals surface area contributed by atoms with Gasteiger partial charge in [-0.2, -0.15) is 0 Å². The highest BCUT2D eigenvalue weighted by Gasteiger charge is 2.36. The summed E-state index contributed by atoms with van der Waals surface area (Å²) in [6, 6.07) is 5.59. The molecule has 19 heteroatoms. The number of benzene rings is 2. The molecule has 0 spiro atoms. The van der Waals surface area contributed by atoms with Crippen molar-refractivity contribution in [3.63, 3.8) is 0 Å². The van der Waals surface area contributed by atoms with Crippen LogP contribution < -0.4 is 32.8 Å². The van der Waals surface area contributed by atoms with Crippen molar-refractivity contribution < 1.29 is 54.3 Å². The number of fused-ring (bicyclic) bond motifs is 1. The molecule has 13 N–H and O–H groups in total. The predicted molar refractivity (Wildman–Crippen MR) is 174 cm³/mol. The van der Waals surface area contributed by atoms with Crippen molar-refractivity contribution in [2.45, 2.75) is 62.8 Å². The Bertz CT molecular complexity index is 1600. The molecule has 0 bridgehead atoms. The zero-order valence-electron chi connectivity index (χ0n) is 26.7. The number of aliphatic carboxylic acids is 3. The van der Waals surface area contributed by atoms with Gasteiger partial charge in [-0.1, -0.05) is 30.3 Å². The third-order valence-corrected chi connectivity index (χ3v) is 7.65.